The second kappa shape index (κ2) is 4.77. The Morgan fingerprint density at radius 1 is 1.25 bits per heavy atom. The summed E-state index contributed by atoms with van der Waals surface area (Å²) in [5.74, 6) is -0.102. The molecule has 2 N–H and O–H groups in total. The molecule has 0 amide bonds. The molecule has 1 saturated carbocycles. The van der Waals surface area contributed by atoms with Crippen LogP contribution in [0.15, 0.2) is 24.3 Å². The molecule has 0 saturated heterocycles. The van der Waals surface area contributed by atoms with Crippen LogP contribution in [0, 0.1) is 5.41 Å². The molecule has 4 nitrogen and oxygen atoms in total. The molecular weight excluding hydrogens is 256 g/mol. The Labute approximate surface area is 118 Å². The molecule has 1 aliphatic heterocycles. The van der Waals surface area contributed by atoms with Crippen LogP contribution in [0.2, 0.25) is 0 Å². The summed E-state index contributed by atoms with van der Waals surface area (Å²) in [5, 5.41) is 20.3. The van der Waals surface area contributed by atoms with Crippen LogP contribution in [0.4, 0.5) is 0 Å². The van der Waals surface area contributed by atoms with E-state index in [0.717, 1.165) is 24.2 Å². The molecule has 1 fully saturated rings. The van der Waals surface area contributed by atoms with E-state index in [4.69, 9.17) is 4.74 Å². The second-order valence-corrected chi connectivity index (χ2v) is 6.27. The lowest BCUT2D eigenvalue weighted by atomic mass is 9.72. The average Bonchev–Trinajstić information content (AvgIpc) is 2.84. The van der Waals surface area contributed by atoms with Gasteiger partial charge in [-0.3, -0.25) is 4.79 Å². The molecule has 108 valence electrons. The van der Waals surface area contributed by atoms with Gasteiger partial charge < -0.3 is 14.9 Å². The van der Waals surface area contributed by atoms with Crippen molar-refractivity contribution in [1.82, 2.24) is 0 Å². The molecule has 1 aromatic carbocycles. The van der Waals surface area contributed by atoms with Crippen molar-refractivity contribution in [2.75, 3.05) is 6.61 Å². The molecule has 1 unspecified atom stereocenters. The smallest absolute Gasteiger partial charge is 0.313 e. The van der Waals surface area contributed by atoms with Gasteiger partial charge in [0.1, 0.15) is 17.8 Å². The second-order valence-electron chi connectivity index (χ2n) is 6.27. The fraction of sp³-hybridized carbons (Fsp3) is 0.562. The number of para-hydroxylation sites is 1. The lowest BCUT2D eigenvalue weighted by molar-refractivity contribution is -0.157. The molecule has 1 heterocycles. The Balaban J connectivity index is 1.89. The Bertz CT molecular complexity index is 519. The number of benzene rings is 1. The van der Waals surface area contributed by atoms with Gasteiger partial charge in [-0.2, -0.15) is 0 Å². The summed E-state index contributed by atoms with van der Waals surface area (Å²) < 4.78 is 5.66. The number of fused-ring (bicyclic) bond motifs is 1. The maximum Gasteiger partial charge on any atom is 0.313 e. The van der Waals surface area contributed by atoms with Crippen molar-refractivity contribution in [3.63, 3.8) is 0 Å². The van der Waals surface area contributed by atoms with Crippen molar-refractivity contribution in [2.45, 2.75) is 44.1 Å². The van der Waals surface area contributed by atoms with Gasteiger partial charge in [0.2, 0.25) is 0 Å². The van der Waals surface area contributed by atoms with Crippen molar-refractivity contribution in [1.29, 1.82) is 0 Å². The molecule has 4 heteroatoms. The molecule has 0 spiro atoms. The molecule has 1 atom stereocenters. The van der Waals surface area contributed by atoms with Gasteiger partial charge in [0, 0.05) is 0 Å². The monoisotopic (exact) mass is 276 g/mol. The van der Waals surface area contributed by atoms with E-state index >= 15 is 0 Å². The van der Waals surface area contributed by atoms with Gasteiger partial charge in [-0.05, 0) is 37.3 Å². The highest BCUT2D eigenvalue weighted by atomic mass is 16.5. The van der Waals surface area contributed by atoms with Gasteiger partial charge in [0.25, 0.3) is 0 Å². The zero-order chi connectivity index (χ0) is 14.2. The van der Waals surface area contributed by atoms with Gasteiger partial charge in [-0.15, -0.1) is 0 Å². The minimum Gasteiger partial charge on any atom is -0.492 e. The van der Waals surface area contributed by atoms with Crippen LogP contribution in [0.5, 0.6) is 5.75 Å². The molecule has 2 aliphatic rings. The SMILES string of the molecule is O=C(O)C1(CC2(O)CCCC2)COc2ccccc2C1. The molecule has 3 rings (SSSR count). The first-order valence-corrected chi connectivity index (χ1v) is 7.20. The van der Waals surface area contributed by atoms with Crippen LogP contribution < -0.4 is 4.74 Å². The van der Waals surface area contributed by atoms with Crippen molar-refractivity contribution in [2.24, 2.45) is 5.41 Å². The maximum absolute atomic E-state index is 11.8. The zero-order valence-corrected chi connectivity index (χ0v) is 11.5. The largest absolute Gasteiger partial charge is 0.492 e. The van der Waals surface area contributed by atoms with Gasteiger partial charge in [0.05, 0.1) is 5.60 Å². The van der Waals surface area contributed by atoms with E-state index in [0.29, 0.717) is 19.3 Å². The highest BCUT2D eigenvalue weighted by molar-refractivity contribution is 5.76. The first-order chi connectivity index (χ1) is 9.53. The highest BCUT2D eigenvalue weighted by Crippen LogP contribution is 2.44. The van der Waals surface area contributed by atoms with Crippen molar-refractivity contribution in [3.8, 4) is 5.75 Å². The summed E-state index contributed by atoms with van der Waals surface area (Å²) in [4.78, 5) is 11.8. The quantitative estimate of drug-likeness (QED) is 0.889. The van der Waals surface area contributed by atoms with Crippen molar-refractivity contribution < 1.29 is 19.7 Å². The number of aliphatic hydroxyl groups is 1. The molecule has 0 bridgehead atoms. The summed E-state index contributed by atoms with van der Waals surface area (Å²) >= 11 is 0. The zero-order valence-electron chi connectivity index (χ0n) is 11.5. The number of rotatable bonds is 3. The topological polar surface area (TPSA) is 66.8 Å². The van der Waals surface area contributed by atoms with Crippen LogP contribution in [-0.4, -0.2) is 28.4 Å². The minimum absolute atomic E-state index is 0.141. The van der Waals surface area contributed by atoms with E-state index < -0.39 is 17.0 Å². The van der Waals surface area contributed by atoms with Gasteiger partial charge in [-0.25, -0.2) is 0 Å². The number of carbonyl (C=O) groups is 1. The van der Waals surface area contributed by atoms with Crippen LogP contribution in [0.3, 0.4) is 0 Å². The molecule has 1 aromatic rings. The lowest BCUT2D eigenvalue weighted by Gasteiger charge is -2.39. The number of ether oxygens (including phenoxy) is 1. The third kappa shape index (κ3) is 2.29. The van der Waals surface area contributed by atoms with E-state index in [-0.39, 0.29) is 13.0 Å². The summed E-state index contributed by atoms with van der Waals surface area (Å²) in [5.41, 5.74) is -0.927. The van der Waals surface area contributed by atoms with Crippen molar-refractivity contribution >= 4 is 5.97 Å². The number of aliphatic carboxylic acids is 1. The highest BCUT2D eigenvalue weighted by Gasteiger charge is 2.49. The molecule has 20 heavy (non-hydrogen) atoms. The fourth-order valence-electron chi connectivity index (χ4n) is 3.59. The predicted octanol–water partition coefficient (Wildman–Crippen LogP) is 2.39. The number of hydrogen-bond donors (Lipinski definition) is 2. The van der Waals surface area contributed by atoms with E-state index in [9.17, 15) is 15.0 Å². The number of hydrogen-bond acceptors (Lipinski definition) is 3. The third-order valence-corrected chi connectivity index (χ3v) is 4.66. The van der Waals surface area contributed by atoms with Gasteiger partial charge in [0.15, 0.2) is 0 Å². The predicted molar refractivity (Wildman–Crippen MR) is 73.7 cm³/mol. The molecule has 0 aromatic heterocycles. The molecule has 0 radical (unpaired) electrons. The van der Waals surface area contributed by atoms with Crippen LogP contribution in [0.1, 0.15) is 37.7 Å². The standard InChI is InChI=1S/C16H20O4/c17-14(18)15(10-16(19)7-3-4-8-16)9-12-5-1-2-6-13(12)20-11-15/h1-2,5-6,19H,3-4,7-11H2,(H,17,18). The summed E-state index contributed by atoms with van der Waals surface area (Å²) in [6.07, 6.45) is 4.06. The summed E-state index contributed by atoms with van der Waals surface area (Å²) in [6.45, 7) is 0.141. The first kappa shape index (κ1) is 13.4. The Kier molecular flexibility index (Phi) is 3.21. The van der Waals surface area contributed by atoms with E-state index in [1.54, 1.807) is 0 Å². The molecular formula is C16H20O4. The van der Waals surface area contributed by atoms with Crippen LogP contribution in [-0.2, 0) is 11.2 Å². The third-order valence-electron chi connectivity index (χ3n) is 4.66. The Morgan fingerprint density at radius 2 is 1.95 bits per heavy atom. The average molecular weight is 276 g/mol. The van der Waals surface area contributed by atoms with Crippen LogP contribution in [0.25, 0.3) is 0 Å². The van der Waals surface area contributed by atoms with Gasteiger partial charge in [-0.1, -0.05) is 31.0 Å². The normalized spacial score (nSPS) is 27.6. The minimum atomic E-state index is -1.01. The first-order valence-electron chi connectivity index (χ1n) is 7.20. The fourth-order valence-corrected chi connectivity index (χ4v) is 3.59. The lowest BCUT2D eigenvalue weighted by Crippen LogP contribution is -2.47. The number of carboxylic acid groups (broad SMARTS) is 1. The van der Waals surface area contributed by atoms with E-state index in [1.165, 1.54) is 0 Å². The Hall–Kier alpha value is -1.55. The number of carboxylic acids is 1. The molecule has 1 aliphatic carbocycles. The van der Waals surface area contributed by atoms with Gasteiger partial charge >= 0.3 is 5.97 Å². The van der Waals surface area contributed by atoms with E-state index in [1.807, 2.05) is 24.3 Å². The van der Waals surface area contributed by atoms with E-state index in [2.05, 4.69) is 0 Å². The summed E-state index contributed by atoms with van der Waals surface area (Å²) in [6, 6.07) is 7.55. The summed E-state index contributed by atoms with van der Waals surface area (Å²) in [7, 11) is 0. The maximum atomic E-state index is 11.8. The van der Waals surface area contributed by atoms with Crippen molar-refractivity contribution in [3.05, 3.63) is 29.8 Å². The Morgan fingerprint density at radius 3 is 2.65 bits per heavy atom. The van der Waals surface area contributed by atoms with Crippen LogP contribution >= 0.6 is 0 Å².